The maximum atomic E-state index is 12.1. The number of carbonyl (C=O) groups excluding carboxylic acids is 1. The lowest BCUT2D eigenvalue weighted by Crippen LogP contribution is -2.41. The van der Waals surface area contributed by atoms with Crippen LogP contribution < -0.4 is 5.32 Å². The van der Waals surface area contributed by atoms with E-state index in [9.17, 15) is 18.0 Å². The molecule has 0 saturated carbocycles. The van der Waals surface area contributed by atoms with Crippen LogP contribution in [0.2, 0.25) is 0 Å². The van der Waals surface area contributed by atoms with Gasteiger partial charge in [-0.3, -0.25) is 4.79 Å². The standard InChI is InChI=1S/C13H17NO5S2/c1-21(18,19)6-5-9(13(16)17)14-12(15)11-7-8-3-2-4-10(8)20-11/h7,9H,2-6H2,1H3,(H,14,15)(H,16,17). The zero-order valence-electron chi connectivity index (χ0n) is 11.6. The molecular formula is C13H17NO5S2. The van der Waals surface area contributed by atoms with E-state index in [2.05, 4.69) is 5.32 Å². The summed E-state index contributed by atoms with van der Waals surface area (Å²) in [5.74, 6) is -1.95. The van der Waals surface area contributed by atoms with Crippen molar-refractivity contribution in [2.24, 2.45) is 0 Å². The summed E-state index contributed by atoms with van der Waals surface area (Å²) in [5.41, 5.74) is 1.16. The third-order valence-electron chi connectivity index (χ3n) is 3.35. The molecule has 1 unspecified atom stereocenters. The molecule has 2 N–H and O–H groups in total. The number of hydrogen-bond donors (Lipinski definition) is 2. The van der Waals surface area contributed by atoms with Crippen molar-refractivity contribution in [1.82, 2.24) is 5.32 Å². The first-order chi connectivity index (χ1) is 9.76. The molecule has 2 rings (SSSR count). The lowest BCUT2D eigenvalue weighted by atomic mass is 10.2. The van der Waals surface area contributed by atoms with Crippen LogP contribution >= 0.6 is 11.3 Å². The third-order valence-corrected chi connectivity index (χ3v) is 5.56. The summed E-state index contributed by atoms with van der Waals surface area (Å²) >= 11 is 1.38. The number of fused-ring (bicyclic) bond motifs is 1. The van der Waals surface area contributed by atoms with Crippen LogP contribution in [0.4, 0.5) is 0 Å². The zero-order valence-corrected chi connectivity index (χ0v) is 13.2. The molecule has 0 radical (unpaired) electrons. The maximum absolute atomic E-state index is 12.1. The molecule has 116 valence electrons. The van der Waals surface area contributed by atoms with E-state index >= 15 is 0 Å². The van der Waals surface area contributed by atoms with Gasteiger partial charge in [-0.25, -0.2) is 13.2 Å². The molecular weight excluding hydrogens is 314 g/mol. The number of nitrogens with one attached hydrogen (secondary N) is 1. The van der Waals surface area contributed by atoms with Crippen molar-refractivity contribution in [2.45, 2.75) is 31.7 Å². The number of aryl methyl sites for hydroxylation is 2. The minimum atomic E-state index is -3.26. The zero-order chi connectivity index (χ0) is 15.6. The highest BCUT2D eigenvalue weighted by Crippen LogP contribution is 2.30. The van der Waals surface area contributed by atoms with Crippen molar-refractivity contribution in [3.63, 3.8) is 0 Å². The summed E-state index contributed by atoms with van der Waals surface area (Å²) in [6, 6.07) is 0.613. The molecule has 0 fully saturated rings. The molecule has 21 heavy (non-hydrogen) atoms. The number of hydrogen-bond acceptors (Lipinski definition) is 5. The van der Waals surface area contributed by atoms with Crippen molar-refractivity contribution in [3.05, 3.63) is 21.4 Å². The van der Waals surface area contributed by atoms with Gasteiger partial charge in [-0.15, -0.1) is 11.3 Å². The molecule has 1 aliphatic rings. The van der Waals surface area contributed by atoms with E-state index in [-0.39, 0.29) is 12.2 Å². The van der Waals surface area contributed by atoms with E-state index in [1.807, 2.05) is 0 Å². The van der Waals surface area contributed by atoms with Gasteiger partial charge in [-0.2, -0.15) is 0 Å². The van der Waals surface area contributed by atoms with E-state index < -0.39 is 27.8 Å². The Morgan fingerprint density at radius 1 is 1.43 bits per heavy atom. The van der Waals surface area contributed by atoms with Gasteiger partial charge in [0.1, 0.15) is 15.9 Å². The minimum absolute atomic E-state index is 0.134. The number of aliphatic carboxylic acids is 1. The van der Waals surface area contributed by atoms with Crippen molar-refractivity contribution in [1.29, 1.82) is 0 Å². The number of rotatable bonds is 6. The average molecular weight is 331 g/mol. The van der Waals surface area contributed by atoms with Gasteiger partial charge in [-0.05, 0) is 37.3 Å². The molecule has 1 aromatic rings. The van der Waals surface area contributed by atoms with Crippen LogP contribution in [-0.4, -0.2) is 43.5 Å². The third kappa shape index (κ3) is 4.28. The fourth-order valence-corrected chi connectivity index (χ4v) is 4.08. The quantitative estimate of drug-likeness (QED) is 0.805. The highest BCUT2D eigenvalue weighted by molar-refractivity contribution is 7.90. The summed E-state index contributed by atoms with van der Waals surface area (Å²) in [5, 5.41) is 11.5. The van der Waals surface area contributed by atoms with E-state index in [1.54, 1.807) is 6.07 Å². The van der Waals surface area contributed by atoms with E-state index in [0.717, 1.165) is 31.1 Å². The summed E-state index contributed by atoms with van der Waals surface area (Å²) in [7, 11) is -3.26. The first kappa shape index (κ1) is 16.0. The average Bonchev–Trinajstić information content (AvgIpc) is 2.92. The van der Waals surface area contributed by atoms with Gasteiger partial charge >= 0.3 is 5.97 Å². The van der Waals surface area contributed by atoms with Gasteiger partial charge in [0.2, 0.25) is 0 Å². The van der Waals surface area contributed by atoms with Gasteiger partial charge in [0.15, 0.2) is 0 Å². The monoisotopic (exact) mass is 331 g/mol. The Hall–Kier alpha value is -1.41. The van der Waals surface area contributed by atoms with Crippen LogP contribution in [0.25, 0.3) is 0 Å². The highest BCUT2D eigenvalue weighted by Gasteiger charge is 2.24. The number of carbonyl (C=O) groups is 2. The SMILES string of the molecule is CS(=O)(=O)CCC(NC(=O)c1cc2c(s1)CCC2)C(=O)O. The second-order valence-corrected chi connectivity index (χ2v) is 8.59. The lowest BCUT2D eigenvalue weighted by molar-refractivity contribution is -0.139. The molecule has 6 nitrogen and oxygen atoms in total. The molecule has 0 spiro atoms. The fourth-order valence-electron chi connectivity index (χ4n) is 2.26. The Labute approximate surface area is 127 Å². The predicted octanol–water partition coefficient (Wildman–Crippen LogP) is 0.854. The summed E-state index contributed by atoms with van der Waals surface area (Å²) < 4.78 is 22.2. The Bertz CT molecular complexity index is 641. The van der Waals surface area contributed by atoms with Crippen LogP contribution in [0.15, 0.2) is 6.07 Å². The summed E-state index contributed by atoms with van der Waals surface area (Å²) in [4.78, 5) is 24.9. The molecule has 1 aliphatic carbocycles. The van der Waals surface area contributed by atoms with Crippen molar-refractivity contribution >= 4 is 33.1 Å². The van der Waals surface area contributed by atoms with Crippen LogP contribution in [0.5, 0.6) is 0 Å². The molecule has 1 atom stereocenters. The smallest absolute Gasteiger partial charge is 0.326 e. The topological polar surface area (TPSA) is 101 Å². The van der Waals surface area contributed by atoms with Crippen LogP contribution in [0.3, 0.4) is 0 Å². The largest absolute Gasteiger partial charge is 0.480 e. The van der Waals surface area contributed by atoms with Gasteiger partial charge in [0.05, 0.1) is 10.6 Å². The minimum Gasteiger partial charge on any atom is -0.480 e. The molecule has 0 aromatic carbocycles. The number of carboxylic acids is 1. The number of carboxylic acid groups (broad SMARTS) is 1. The van der Waals surface area contributed by atoms with Crippen molar-refractivity contribution in [2.75, 3.05) is 12.0 Å². The molecule has 1 heterocycles. The first-order valence-electron chi connectivity index (χ1n) is 6.59. The molecule has 8 heteroatoms. The Kier molecular flexibility index (Phi) is 4.67. The highest BCUT2D eigenvalue weighted by atomic mass is 32.2. The van der Waals surface area contributed by atoms with E-state index in [1.165, 1.54) is 16.2 Å². The fraction of sp³-hybridized carbons (Fsp3) is 0.538. The normalized spacial score (nSPS) is 15.5. The van der Waals surface area contributed by atoms with Crippen LogP contribution in [-0.2, 0) is 27.5 Å². The van der Waals surface area contributed by atoms with Crippen LogP contribution in [0.1, 0.15) is 33.0 Å². The molecule has 0 aliphatic heterocycles. The summed E-state index contributed by atoms with van der Waals surface area (Å²) in [6.07, 6.45) is 3.91. The Balaban J connectivity index is 2.02. The second kappa shape index (κ2) is 6.15. The summed E-state index contributed by atoms with van der Waals surface area (Å²) in [6.45, 7) is 0. The Morgan fingerprint density at radius 3 is 2.71 bits per heavy atom. The second-order valence-electron chi connectivity index (χ2n) is 5.20. The van der Waals surface area contributed by atoms with Gasteiger partial charge < -0.3 is 10.4 Å². The van der Waals surface area contributed by atoms with Gasteiger partial charge in [0.25, 0.3) is 5.91 Å². The van der Waals surface area contributed by atoms with Gasteiger partial charge in [0, 0.05) is 11.1 Å². The van der Waals surface area contributed by atoms with E-state index in [0.29, 0.717) is 4.88 Å². The molecule has 0 bridgehead atoms. The molecule has 1 amide bonds. The maximum Gasteiger partial charge on any atom is 0.326 e. The number of sulfone groups is 1. The molecule has 0 saturated heterocycles. The lowest BCUT2D eigenvalue weighted by Gasteiger charge is -2.13. The molecule has 1 aromatic heterocycles. The van der Waals surface area contributed by atoms with E-state index in [4.69, 9.17) is 5.11 Å². The number of amides is 1. The van der Waals surface area contributed by atoms with Crippen LogP contribution in [0, 0.1) is 0 Å². The van der Waals surface area contributed by atoms with Crippen molar-refractivity contribution < 1.29 is 23.1 Å². The van der Waals surface area contributed by atoms with Crippen molar-refractivity contribution in [3.8, 4) is 0 Å². The first-order valence-corrected chi connectivity index (χ1v) is 9.47. The number of thiophene rings is 1. The Morgan fingerprint density at radius 2 is 2.14 bits per heavy atom. The van der Waals surface area contributed by atoms with Gasteiger partial charge in [-0.1, -0.05) is 0 Å². The predicted molar refractivity (Wildman–Crippen MR) is 79.6 cm³/mol.